The first kappa shape index (κ1) is 13.4. The molecule has 0 radical (unpaired) electrons. The first-order valence-corrected chi connectivity index (χ1v) is 6.78. The van der Waals surface area contributed by atoms with Crippen LogP contribution in [0, 0.1) is 5.92 Å². The molecule has 2 rings (SSSR count). The number of hydrogen-bond donors (Lipinski definition) is 1. The molecule has 3 heteroatoms. The summed E-state index contributed by atoms with van der Waals surface area (Å²) >= 11 is 0. The molecule has 1 aromatic carbocycles. The minimum atomic E-state index is 0.163. The van der Waals surface area contributed by atoms with E-state index in [4.69, 9.17) is 9.47 Å². The second-order valence-electron chi connectivity index (χ2n) is 5.08. The average molecular weight is 249 g/mol. The fraction of sp³-hybridized carbons (Fsp3) is 0.600. The minimum Gasteiger partial charge on any atom is -0.494 e. The molecular weight excluding hydrogens is 226 g/mol. The van der Waals surface area contributed by atoms with E-state index in [-0.39, 0.29) is 6.10 Å². The second-order valence-corrected chi connectivity index (χ2v) is 5.08. The predicted molar refractivity (Wildman–Crippen MR) is 72.9 cm³/mol. The van der Waals surface area contributed by atoms with Crippen molar-refractivity contribution in [1.29, 1.82) is 0 Å². The first-order chi connectivity index (χ1) is 8.70. The van der Waals surface area contributed by atoms with E-state index in [1.807, 2.05) is 19.1 Å². The summed E-state index contributed by atoms with van der Waals surface area (Å²) in [6.45, 7) is 8.81. The highest BCUT2D eigenvalue weighted by atomic mass is 16.5. The van der Waals surface area contributed by atoms with Crippen LogP contribution in [-0.4, -0.2) is 25.8 Å². The fourth-order valence-electron chi connectivity index (χ4n) is 2.18. The summed E-state index contributed by atoms with van der Waals surface area (Å²) in [7, 11) is 0. The van der Waals surface area contributed by atoms with Crippen molar-refractivity contribution in [3.8, 4) is 5.75 Å². The van der Waals surface area contributed by atoms with Crippen LogP contribution in [0.3, 0.4) is 0 Å². The molecule has 1 heterocycles. The van der Waals surface area contributed by atoms with Crippen LogP contribution in [0.4, 0.5) is 0 Å². The van der Waals surface area contributed by atoms with Crippen LogP contribution in [0.25, 0.3) is 0 Å². The van der Waals surface area contributed by atoms with Crippen LogP contribution in [0.15, 0.2) is 24.3 Å². The molecule has 0 aromatic heterocycles. The smallest absolute Gasteiger partial charge is 0.119 e. The highest BCUT2D eigenvalue weighted by Crippen LogP contribution is 2.23. The lowest BCUT2D eigenvalue weighted by Gasteiger charge is -2.32. The zero-order valence-electron chi connectivity index (χ0n) is 11.5. The van der Waals surface area contributed by atoms with Gasteiger partial charge in [0, 0.05) is 12.6 Å². The summed E-state index contributed by atoms with van der Waals surface area (Å²) in [5.41, 5.74) is 1.22. The van der Waals surface area contributed by atoms with Gasteiger partial charge >= 0.3 is 0 Å². The third-order valence-corrected chi connectivity index (χ3v) is 3.41. The lowest BCUT2D eigenvalue weighted by atomic mass is 10.0. The molecule has 0 spiro atoms. The standard InChI is InChI=1S/C15H23NO2/c1-4-17-13-7-5-12(6-8-13)15-9-16-14(10-18-15)11(2)3/h5-8,11,14-16H,4,9-10H2,1-3H3. The Morgan fingerprint density at radius 1 is 1.33 bits per heavy atom. The molecule has 0 amide bonds. The maximum absolute atomic E-state index is 5.93. The maximum Gasteiger partial charge on any atom is 0.119 e. The summed E-state index contributed by atoms with van der Waals surface area (Å²) in [5, 5.41) is 3.55. The van der Waals surface area contributed by atoms with E-state index in [0.29, 0.717) is 18.6 Å². The quantitative estimate of drug-likeness (QED) is 0.890. The van der Waals surface area contributed by atoms with E-state index in [0.717, 1.165) is 18.9 Å². The number of hydrogen-bond acceptors (Lipinski definition) is 3. The Morgan fingerprint density at radius 3 is 2.56 bits per heavy atom. The zero-order valence-corrected chi connectivity index (χ0v) is 11.5. The zero-order chi connectivity index (χ0) is 13.0. The molecule has 2 unspecified atom stereocenters. The lowest BCUT2D eigenvalue weighted by molar-refractivity contribution is -0.00713. The van der Waals surface area contributed by atoms with Gasteiger partial charge in [0.2, 0.25) is 0 Å². The van der Waals surface area contributed by atoms with Gasteiger partial charge in [-0.05, 0) is 30.5 Å². The molecule has 2 atom stereocenters. The van der Waals surface area contributed by atoms with E-state index in [2.05, 4.69) is 31.3 Å². The van der Waals surface area contributed by atoms with Crippen molar-refractivity contribution in [2.75, 3.05) is 19.8 Å². The van der Waals surface area contributed by atoms with Gasteiger partial charge in [-0.1, -0.05) is 26.0 Å². The number of ether oxygens (including phenoxy) is 2. The number of morpholine rings is 1. The molecular formula is C15H23NO2. The monoisotopic (exact) mass is 249 g/mol. The Balaban J connectivity index is 1.93. The van der Waals surface area contributed by atoms with E-state index in [1.54, 1.807) is 0 Å². The molecule has 3 nitrogen and oxygen atoms in total. The topological polar surface area (TPSA) is 30.5 Å². The molecule has 18 heavy (non-hydrogen) atoms. The molecule has 0 saturated carbocycles. The van der Waals surface area contributed by atoms with Crippen molar-refractivity contribution >= 4 is 0 Å². The van der Waals surface area contributed by atoms with Gasteiger partial charge in [0.25, 0.3) is 0 Å². The summed E-state index contributed by atoms with van der Waals surface area (Å²) in [6, 6.07) is 8.68. The van der Waals surface area contributed by atoms with Crippen molar-refractivity contribution in [2.45, 2.75) is 32.9 Å². The predicted octanol–water partition coefficient (Wildman–Crippen LogP) is 2.77. The molecule has 0 aliphatic carbocycles. The van der Waals surface area contributed by atoms with Gasteiger partial charge in [-0.15, -0.1) is 0 Å². The minimum absolute atomic E-state index is 0.163. The Bertz CT molecular complexity index is 353. The summed E-state index contributed by atoms with van der Waals surface area (Å²) in [4.78, 5) is 0. The molecule has 1 aliphatic rings. The summed E-state index contributed by atoms with van der Waals surface area (Å²) in [5.74, 6) is 1.54. The Hall–Kier alpha value is -1.06. The molecule has 1 aliphatic heterocycles. The molecule has 1 fully saturated rings. The van der Waals surface area contributed by atoms with Gasteiger partial charge in [0.05, 0.1) is 19.3 Å². The fourth-order valence-corrected chi connectivity index (χ4v) is 2.18. The normalized spacial score (nSPS) is 24.2. The summed E-state index contributed by atoms with van der Waals surface area (Å²) < 4.78 is 11.4. The van der Waals surface area contributed by atoms with Crippen LogP contribution in [-0.2, 0) is 4.74 Å². The molecule has 1 aromatic rings. The molecule has 1 N–H and O–H groups in total. The third kappa shape index (κ3) is 3.24. The van der Waals surface area contributed by atoms with Crippen molar-refractivity contribution in [3.63, 3.8) is 0 Å². The average Bonchev–Trinajstić information content (AvgIpc) is 2.40. The van der Waals surface area contributed by atoms with E-state index >= 15 is 0 Å². The van der Waals surface area contributed by atoms with Crippen LogP contribution in [0.1, 0.15) is 32.4 Å². The first-order valence-electron chi connectivity index (χ1n) is 6.78. The van der Waals surface area contributed by atoms with Gasteiger partial charge in [-0.2, -0.15) is 0 Å². The van der Waals surface area contributed by atoms with Gasteiger partial charge in [-0.3, -0.25) is 0 Å². The maximum atomic E-state index is 5.93. The SMILES string of the molecule is CCOc1ccc(C2CNC(C(C)C)CO2)cc1. The lowest BCUT2D eigenvalue weighted by Crippen LogP contribution is -2.45. The van der Waals surface area contributed by atoms with Crippen molar-refractivity contribution in [3.05, 3.63) is 29.8 Å². The van der Waals surface area contributed by atoms with Crippen LogP contribution >= 0.6 is 0 Å². The van der Waals surface area contributed by atoms with E-state index < -0.39 is 0 Å². The number of benzene rings is 1. The number of nitrogens with one attached hydrogen (secondary N) is 1. The number of rotatable bonds is 4. The van der Waals surface area contributed by atoms with Crippen LogP contribution < -0.4 is 10.1 Å². The highest BCUT2D eigenvalue weighted by molar-refractivity contribution is 5.29. The van der Waals surface area contributed by atoms with Gasteiger partial charge in [0.15, 0.2) is 0 Å². The Kier molecular flexibility index (Phi) is 4.61. The Labute approximate surface area is 109 Å². The van der Waals surface area contributed by atoms with E-state index in [9.17, 15) is 0 Å². The highest BCUT2D eigenvalue weighted by Gasteiger charge is 2.23. The summed E-state index contributed by atoms with van der Waals surface area (Å²) in [6.07, 6.45) is 0.163. The molecule has 1 saturated heterocycles. The van der Waals surface area contributed by atoms with Crippen LogP contribution in [0.5, 0.6) is 5.75 Å². The molecule has 0 bridgehead atoms. The van der Waals surface area contributed by atoms with Crippen LogP contribution in [0.2, 0.25) is 0 Å². The van der Waals surface area contributed by atoms with Gasteiger partial charge in [-0.25, -0.2) is 0 Å². The van der Waals surface area contributed by atoms with Gasteiger partial charge in [0.1, 0.15) is 5.75 Å². The second kappa shape index (κ2) is 6.21. The van der Waals surface area contributed by atoms with Gasteiger partial charge < -0.3 is 14.8 Å². The van der Waals surface area contributed by atoms with Crippen molar-refractivity contribution in [2.24, 2.45) is 5.92 Å². The third-order valence-electron chi connectivity index (χ3n) is 3.41. The van der Waals surface area contributed by atoms with Crippen molar-refractivity contribution in [1.82, 2.24) is 5.32 Å². The Morgan fingerprint density at radius 2 is 2.06 bits per heavy atom. The largest absolute Gasteiger partial charge is 0.494 e. The van der Waals surface area contributed by atoms with Crippen molar-refractivity contribution < 1.29 is 9.47 Å². The molecule has 100 valence electrons. The van der Waals surface area contributed by atoms with E-state index in [1.165, 1.54) is 5.56 Å².